The summed E-state index contributed by atoms with van der Waals surface area (Å²) < 4.78 is 6.67. The summed E-state index contributed by atoms with van der Waals surface area (Å²) in [6.07, 6.45) is 1.54. The third kappa shape index (κ3) is 2.91. The summed E-state index contributed by atoms with van der Waals surface area (Å²) in [5.74, 6) is 1.68. The molecule has 3 aromatic rings. The number of nitrogens with one attached hydrogen (secondary N) is 2. The lowest BCUT2D eigenvalue weighted by molar-refractivity contribution is 0.575. The maximum absolute atomic E-state index is 5.67. The van der Waals surface area contributed by atoms with E-state index in [-0.39, 0.29) is 0 Å². The van der Waals surface area contributed by atoms with Gasteiger partial charge in [0.2, 0.25) is 0 Å². The van der Waals surface area contributed by atoms with Crippen molar-refractivity contribution in [3.63, 3.8) is 0 Å². The van der Waals surface area contributed by atoms with Crippen molar-refractivity contribution >= 4 is 28.1 Å². The molecule has 8 heteroatoms. The van der Waals surface area contributed by atoms with Gasteiger partial charge in [-0.25, -0.2) is 5.43 Å². The number of aromatic amines is 1. The van der Waals surface area contributed by atoms with Crippen LogP contribution in [0.4, 0.5) is 5.95 Å². The fourth-order valence-electron chi connectivity index (χ4n) is 1.58. The van der Waals surface area contributed by atoms with Crippen molar-refractivity contribution in [2.45, 2.75) is 0 Å². The zero-order chi connectivity index (χ0) is 13.8. The van der Waals surface area contributed by atoms with Gasteiger partial charge < -0.3 is 4.42 Å². The lowest BCUT2D eigenvalue weighted by atomic mass is 10.2. The predicted octanol–water partition coefficient (Wildman–Crippen LogP) is 2.67. The van der Waals surface area contributed by atoms with Gasteiger partial charge in [0.25, 0.3) is 5.95 Å². The van der Waals surface area contributed by atoms with Crippen LogP contribution in [0.25, 0.3) is 11.3 Å². The lowest BCUT2D eigenvalue weighted by Crippen LogP contribution is -1.91. The molecule has 0 aliphatic carbocycles. The highest BCUT2D eigenvalue weighted by Gasteiger charge is 2.03. The molecule has 2 heterocycles. The Labute approximate surface area is 122 Å². The first-order valence-corrected chi connectivity index (χ1v) is 6.49. The van der Waals surface area contributed by atoms with Gasteiger partial charge in [0.1, 0.15) is 11.5 Å². The van der Waals surface area contributed by atoms with Crippen LogP contribution in [-0.2, 0) is 0 Å². The van der Waals surface area contributed by atoms with Crippen LogP contribution in [0.2, 0.25) is 0 Å². The molecular weight excluding hydrogens is 324 g/mol. The van der Waals surface area contributed by atoms with Crippen LogP contribution < -0.4 is 5.43 Å². The second kappa shape index (κ2) is 5.66. The lowest BCUT2D eigenvalue weighted by Gasteiger charge is -1.97. The van der Waals surface area contributed by atoms with E-state index in [4.69, 9.17) is 4.42 Å². The third-order valence-corrected chi connectivity index (χ3v) is 2.93. The van der Waals surface area contributed by atoms with Crippen LogP contribution >= 0.6 is 15.9 Å². The number of anilines is 1. The first-order valence-electron chi connectivity index (χ1n) is 5.69. The zero-order valence-corrected chi connectivity index (χ0v) is 11.7. The molecule has 7 nitrogen and oxygen atoms in total. The number of furan rings is 1. The average Bonchev–Trinajstić information content (AvgIpc) is 3.10. The number of aromatic nitrogens is 4. The number of tetrazole rings is 1. The van der Waals surface area contributed by atoms with Crippen molar-refractivity contribution in [2.24, 2.45) is 5.10 Å². The maximum Gasteiger partial charge on any atom is 0.283 e. The van der Waals surface area contributed by atoms with Crippen molar-refractivity contribution in [2.75, 3.05) is 5.43 Å². The minimum atomic E-state index is 0.292. The standard InChI is InChI=1S/C12H9BrN6O/c13-9-3-1-2-8(6-9)11-5-4-10(20-11)7-14-15-12-16-18-19-17-12/h1-7H,(H2,15,16,17,18,19). The van der Waals surface area contributed by atoms with Crippen molar-refractivity contribution in [1.29, 1.82) is 0 Å². The number of hydrogen-bond donors (Lipinski definition) is 2. The number of hydrazone groups is 1. The smallest absolute Gasteiger partial charge is 0.283 e. The summed E-state index contributed by atoms with van der Waals surface area (Å²) >= 11 is 3.43. The van der Waals surface area contributed by atoms with E-state index >= 15 is 0 Å². The second-order valence-electron chi connectivity index (χ2n) is 3.82. The number of nitrogens with zero attached hydrogens (tertiary/aromatic N) is 4. The van der Waals surface area contributed by atoms with Gasteiger partial charge in [-0.05, 0) is 29.5 Å². The number of benzene rings is 1. The molecule has 0 aliphatic heterocycles. The molecule has 0 saturated heterocycles. The van der Waals surface area contributed by atoms with Crippen molar-refractivity contribution in [3.8, 4) is 11.3 Å². The Hall–Kier alpha value is -2.48. The maximum atomic E-state index is 5.67. The molecule has 2 aromatic heterocycles. The van der Waals surface area contributed by atoms with Crippen LogP contribution in [0.15, 0.2) is 50.4 Å². The Kier molecular flexibility index (Phi) is 3.55. The Morgan fingerprint density at radius 1 is 1.30 bits per heavy atom. The fraction of sp³-hybridized carbons (Fsp3) is 0. The number of H-pyrrole nitrogens is 1. The minimum Gasteiger partial charge on any atom is -0.455 e. The van der Waals surface area contributed by atoms with Gasteiger partial charge in [-0.3, -0.25) is 0 Å². The van der Waals surface area contributed by atoms with E-state index in [0.29, 0.717) is 11.7 Å². The van der Waals surface area contributed by atoms with Gasteiger partial charge in [0, 0.05) is 10.0 Å². The quantitative estimate of drug-likeness (QED) is 0.566. The number of halogens is 1. The van der Waals surface area contributed by atoms with E-state index in [2.05, 4.69) is 47.1 Å². The predicted molar refractivity (Wildman–Crippen MR) is 77.2 cm³/mol. The molecule has 0 bridgehead atoms. The average molecular weight is 333 g/mol. The first-order chi connectivity index (χ1) is 9.81. The normalized spacial score (nSPS) is 11.1. The van der Waals surface area contributed by atoms with Gasteiger partial charge in [0.15, 0.2) is 0 Å². The number of hydrogen-bond acceptors (Lipinski definition) is 6. The largest absolute Gasteiger partial charge is 0.455 e. The van der Waals surface area contributed by atoms with Gasteiger partial charge >= 0.3 is 0 Å². The molecule has 0 unspecified atom stereocenters. The van der Waals surface area contributed by atoms with Crippen LogP contribution in [0.5, 0.6) is 0 Å². The second-order valence-corrected chi connectivity index (χ2v) is 4.73. The molecule has 2 N–H and O–H groups in total. The van der Waals surface area contributed by atoms with Crippen molar-refractivity contribution in [3.05, 3.63) is 46.6 Å². The van der Waals surface area contributed by atoms with Gasteiger partial charge in [-0.2, -0.15) is 10.3 Å². The highest BCUT2D eigenvalue weighted by Crippen LogP contribution is 2.24. The van der Waals surface area contributed by atoms with Crippen molar-refractivity contribution < 1.29 is 4.42 Å². The monoisotopic (exact) mass is 332 g/mol. The summed E-state index contributed by atoms with van der Waals surface area (Å²) in [7, 11) is 0. The summed E-state index contributed by atoms with van der Waals surface area (Å²) in [6.45, 7) is 0. The summed E-state index contributed by atoms with van der Waals surface area (Å²) in [4.78, 5) is 0. The zero-order valence-electron chi connectivity index (χ0n) is 10.1. The molecule has 0 aliphatic rings. The van der Waals surface area contributed by atoms with Gasteiger partial charge in [0.05, 0.1) is 6.21 Å². The minimum absolute atomic E-state index is 0.292. The summed E-state index contributed by atoms with van der Waals surface area (Å²) in [5, 5.41) is 17.1. The van der Waals surface area contributed by atoms with E-state index in [1.807, 2.05) is 36.4 Å². The van der Waals surface area contributed by atoms with E-state index in [9.17, 15) is 0 Å². The molecule has 0 amide bonds. The Morgan fingerprint density at radius 3 is 3.05 bits per heavy atom. The first kappa shape index (κ1) is 12.5. The third-order valence-electron chi connectivity index (χ3n) is 2.44. The molecule has 0 atom stereocenters. The highest BCUT2D eigenvalue weighted by molar-refractivity contribution is 9.10. The molecule has 0 saturated carbocycles. The molecule has 3 rings (SSSR count). The molecular formula is C12H9BrN6O. The van der Waals surface area contributed by atoms with Crippen LogP contribution in [0.3, 0.4) is 0 Å². The van der Waals surface area contributed by atoms with Gasteiger partial charge in [-0.1, -0.05) is 33.2 Å². The summed E-state index contributed by atoms with van der Waals surface area (Å²) in [6, 6.07) is 11.6. The van der Waals surface area contributed by atoms with Crippen LogP contribution in [-0.4, -0.2) is 26.8 Å². The molecule has 1 aromatic carbocycles. The Morgan fingerprint density at radius 2 is 2.25 bits per heavy atom. The topological polar surface area (TPSA) is 92.0 Å². The SMILES string of the molecule is Brc1cccc(-c2ccc(C=NNc3nn[nH]n3)o2)c1. The molecule has 20 heavy (non-hydrogen) atoms. The van der Waals surface area contributed by atoms with E-state index in [0.717, 1.165) is 15.8 Å². The molecule has 0 radical (unpaired) electrons. The molecule has 0 fully saturated rings. The van der Waals surface area contributed by atoms with Gasteiger partial charge in [-0.15, -0.1) is 5.10 Å². The molecule has 100 valence electrons. The van der Waals surface area contributed by atoms with Crippen molar-refractivity contribution in [1.82, 2.24) is 20.6 Å². The highest BCUT2D eigenvalue weighted by atomic mass is 79.9. The van der Waals surface area contributed by atoms with Crippen LogP contribution in [0, 0.1) is 0 Å². The van der Waals surface area contributed by atoms with Crippen LogP contribution in [0.1, 0.15) is 5.76 Å². The Balaban J connectivity index is 1.72. The number of rotatable bonds is 4. The Bertz CT molecular complexity index is 721. The molecule has 0 spiro atoms. The fourth-order valence-corrected chi connectivity index (χ4v) is 1.98. The summed E-state index contributed by atoms with van der Waals surface area (Å²) in [5.41, 5.74) is 3.61. The van der Waals surface area contributed by atoms with E-state index in [1.165, 1.54) is 6.21 Å². The van der Waals surface area contributed by atoms with E-state index < -0.39 is 0 Å². The van der Waals surface area contributed by atoms with E-state index in [1.54, 1.807) is 0 Å².